The van der Waals surface area contributed by atoms with Crippen molar-refractivity contribution in [3.63, 3.8) is 0 Å². The largest absolute Gasteiger partial charge is 0.491 e. The summed E-state index contributed by atoms with van der Waals surface area (Å²) in [6.45, 7) is 3.49. The minimum Gasteiger partial charge on any atom is -0.491 e. The number of rotatable bonds is 13. The average molecular weight is 805 g/mol. The number of piperazine rings is 1. The number of carbonyl (C=O) groups is 1. The van der Waals surface area contributed by atoms with Gasteiger partial charge in [-0.25, -0.2) is 18.7 Å². The third kappa shape index (κ3) is 7.97. The smallest absolute Gasteiger partial charge is 0.408 e. The van der Waals surface area contributed by atoms with Crippen LogP contribution in [0, 0.1) is 5.82 Å². The van der Waals surface area contributed by atoms with Crippen LogP contribution in [0.2, 0.25) is 5.02 Å². The number of halogens is 5. The van der Waals surface area contributed by atoms with Crippen LogP contribution >= 0.6 is 11.6 Å². The van der Waals surface area contributed by atoms with Gasteiger partial charge in [0.25, 0.3) is 0 Å². The van der Waals surface area contributed by atoms with Gasteiger partial charge in [-0.3, -0.25) is 9.58 Å². The van der Waals surface area contributed by atoms with Crippen LogP contribution in [0.25, 0.3) is 37.8 Å². The molecular weight excluding hydrogens is 768 g/mol. The van der Waals surface area contributed by atoms with Crippen molar-refractivity contribution in [1.82, 2.24) is 34.2 Å². The van der Waals surface area contributed by atoms with Crippen molar-refractivity contribution in [1.29, 1.82) is 0 Å². The maximum Gasteiger partial charge on any atom is 0.408 e. The molecule has 2 N–H and O–H groups in total. The molecule has 0 spiro atoms. The molecular formula is C40H37ClF4N8O4. The molecule has 1 unspecified atom stereocenters. The van der Waals surface area contributed by atoms with Gasteiger partial charge in [-0.05, 0) is 65.2 Å². The number of aromatic nitrogens is 5. The number of nitrogens with zero attached hydrogens (tertiary/aromatic N) is 7. The molecule has 4 heterocycles. The van der Waals surface area contributed by atoms with E-state index < -0.39 is 30.5 Å². The van der Waals surface area contributed by atoms with E-state index in [4.69, 9.17) is 21.1 Å². The predicted octanol–water partition coefficient (Wildman–Crippen LogP) is 7.05. The molecule has 8 rings (SSSR count). The highest BCUT2D eigenvalue weighted by molar-refractivity contribution is 6.43. The van der Waals surface area contributed by atoms with E-state index in [-0.39, 0.29) is 24.5 Å². The fraction of sp³-hybridized carbons (Fsp3) is 0.300. The number of hydrogen-bond donors (Lipinski definition) is 2. The first kappa shape index (κ1) is 38.2. The van der Waals surface area contributed by atoms with Crippen LogP contribution in [0.4, 0.5) is 23.4 Å². The van der Waals surface area contributed by atoms with E-state index in [0.29, 0.717) is 61.1 Å². The molecule has 17 heteroatoms. The van der Waals surface area contributed by atoms with Crippen molar-refractivity contribution in [2.45, 2.75) is 31.8 Å². The van der Waals surface area contributed by atoms with Gasteiger partial charge in [-0.15, -0.1) is 0 Å². The lowest BCUT2D eigenvalue weighted by atomic mass is 9.95. The standard InChI is InChI=1S/C40H37ClF4N8O4/c1-50-12-14-51(15-13-50)16-17-56-33-9-8-28-34(36(33)41)29-19-25(42)6-7-27(29)30-20-52-37(35(28)30)38(46-23-48-52)49-31(39(54)55)18-24-4-2-3-5-32(24)57-21-26-10-11-47-53(26)22-40(43,44)45/h2-11,19-20,23,31H,12-18,21-22H2,1H3,(H,54,55)(H,46,48,49). The van der Waals surface area contributed by atoms with E-state index in [9.17, 15) is 27.5 Å². The first-order chi connectivity index (χ1) is 27.4. The molecule has 0 amide bonds. The summed E-state index contributed by atoms with van der Waals surface area (Å²) in [5, 5.41) is 26.0. The van der Waals surface area contributed by atoms with E-state index >= 15 is 0 Å². The van der Waals surface area contributed by atoms with E-state index in [0.717, 1.165) is 42.8 Å². The third-order valence-corrected chi connectivity index (χ3v) is 10.6. The first-order valence-electron chi connectivity index (χ1n) is 18.2. The van der Waals surface area contributed by atoms with Crippen LogP contribution in [-0.2, 0) is 24.4 Å². The van der Waals surface area contributed by atoms with Gasteiger partial charge in [0.2, 0.25) is 0 Å². The Morgan fingerprint density at radius 3 is 2.53 bits per heavy atom. The lowest BCUT2D eigenvalue weighted by molar-refractivity contribution is -0.143. The molecule has 57 heavy (non-hydrogen) atoms. The van der Waals surface area contributed by atoms with Gasteiger partial charge in [-0.2, -0.15) is 23.4 Å². The number of hydrogen-bond acceptors (Lipinski definition) is 9. The molecule has 4 aromatic carbocycles. The molecule has 0 radical (unpaired) electrons. The minimum atomic E-state index is -4.47. The van der Waals surface area contributed by atoms with Crippen LogP contribution in [0.15, 0.2) is 79.4 Å². The number of alkyl halides is 3. The Balaban J connectivity index is 1.13. The van der Waals surface area contributed by atoms with E-state index in [2.05, 4.69) is 37.3 Å². The Morgan fingerprint density at radius 1 is 0.947 bits per heavy atom. The van der Waals surface area contributed by atoms with Crippen molar-refractivity contribution in [2.24, 2.45) is 0 Å². The first-order valence-corrected chi connectivity index (χ1v) is 18.6. The molecule has 0 aliphatic carbocycles. The highest BCUT2D eigenvalue weighted by atomic mass is 35.5. The van der Waals surface area contributed by atoms with Crippen LogP contribution < -0.4 is 14.8 Å². The molecule has 1 aliphatic rings. The fourth-order valence-corrected chi connectivity index (χ4v) is 7.71. The summed E-state index contributed by atoms with van der Waals surface area (Å²) < 4.78 is 68.7. The van der Waals surface area contributed by atoms with Crippen LogP contribution in [0.3, 0.4) is 0 Å². The number of anilines is 1. The maximum atomic E-state index is 14.9. The number of likely N-dealkylation sites (N-methyl/N-ethyl adjacent to an activating group) is 1. The van der Waals surface area contributed by atoms with Crippen molar-refractivity contribution in [3.8, 4) is 11.5 Å². The Bertz CT molecular complexity index is 2610. The predicted molar refractivity (Wildman–Crippen MR) is 208 cm³/mol. The quantitative estimate of drug-likeness (QED) is 0.0927. The summed E-state index contributed by atoms with van der Waals surface area (Å²) in [4.78, 5) is 21.9. The number of carboxylic acid groups (broad SMARTS) is 1. The lowest BCUT2D eigenvalue weighted by Gasteiger charge is -2.32. The molecule has 1 aliphatic heterocycles. The summed E-state index contributed by atoms with van der Waals surface area (Å²) in [6, 6.07) is 15.0. The van der Waals surface area contributed by atoms with E-state index in [1.54, 1.807) is 47.1 Å². The van der Waals surface area contributed by atoms with Gasteiger partial charge in [0.05, 0.1) is 10.7 Å². The number of para-hydroxylation sites is 1. The Labute approximate surface area is 328 Å². The van der Waals surface area contributed by atoms with E-state index in [1.165, 1.54) is 30.7 Å². The van der Waals surface area contributed by atoms with Crippen LogP contribution in [0.1, 0.15) is 11.3 Å². The zero-order chi connectivity index (χ0) is 39.8. The van der Waals surface area contributed by atoms with Gasteiger partial charge < -0.3 is 24.8 Å². The van der Waals surface area contributed by atoms with Gasteiger partial charge in [0.1, 0.15) is 55.0 Å². The SMILES string of the molecule is CN1CCN(CCOc2ccc3c(c2Cl)c2cc(F)ccc2c2cn4ncnc(NC(Cc5ccccc5OCc5ccnn5CC(F)(F)F)C(=O)O)c4c23)CC1. The number of carboxylic acids is 1. The summed E-state index contributed by atoms with van der Waals surface area (Å²) in [7, 11) is 2.10. The third-order valence-electron chi connectivity index (χ3n) is 10.3. The molecule has 7 aromatic rings. The van der Waals surface area contributed by atoms with Crippen LogP contribution in [-0.4, -0.2) is 104 Å². The van der Waals surface area contributed by atoms with Crippen LogP contribution in [0.5, 0.6) is 11.5 Å². The molecule has 1 atom stereocenters. The number of nitrogens with one attached hydrogen (secondary N) is 1. The fourth-order valence-electron chi connectivity index (χ4n) is 7.39. The second-order valence-electron chi connectivity index (χ2n) is 14.0. The Hall–Kier alpha value is -5.71. The number of fused-ring (bicyclic) bond motifs is 8. The Morgan fingerprint density at radius 2 is 1.74 bits per heavy atom. The lowest BCUT2D eigenvalue weighted by Crippen LogP contribution is -2.45. The summed E-state index contributed by atoms with van der Waals surface area (Å²) in [5.74, 6) is -0.654. The molecule has 3 aromatic heterocycles. The second-order valence-corrected chi connectivity index (χ2v) is 14.4. The highest BCUT2D eigenvalue weighted by Crippen LogP contribution is 2.45. The zero-order valence-electron chi connectivity index (χ0n) is 30.6. The summed E-state index contributed by atoms with van der Waals surface area (Å²) in [5.41, 5.74) is 1.16. The zero-order valence-corrected chi connectivity index (χ0v) is 31.4. The Kier molecular flexibility index (Phi) is 10.5. The van der Waals surface area contributed by atoms with Crippen molar-refractivity contribution >= 4 is 61.2 Å². The number of aliphatic carboxylic acids is 1. The number of ether oxygens (including phenoxy) is 2. The molecule has 1 saturated heterocycles. The summed E-state index contributed by atoms with van der Waals surface area (Å²) in [6.07, 6.45) is -0.199. The van der Waals surface area contributed by atoms with Crippen molar-refractivity contribution in [3.05, 3.63) is 101 Å². The molecule has 0 bridgehead atoms. The van der Waals surface area contributed by atoms with Gasteiger partial charge >= 0.3 is 12.1 Å². The van der Waals surface area contributed by atoms with E-state index in [1.807, 2.05) is 6.07 Å². The maximum absolute atomic E-state index is 14.9. The monoisotopic (exact) mass is 804 g/mol. The normalized spacial score (nSPS) is 14.8. The summed E-state index contributed by atoms with van der Waals surface area (Å²) >= 11 is 7.13. The second kappa shape index (κ2) is 15.7. The molecule has 296 valence electrons. The number of benzene rings is 4. The van der Waals surface area contributed by atoms with Gasteiger partial charge in [0.15, 0.2) is 5.82 Å². The minimum absolute atomic E-state index is 0.0776. The van der Waals surface area contributed by atoms with Crippen molar-refractivity contribution < 1.29 is 36.9 Å². The molecule has 12 nitrogen and oxygen atoms in total. The topological polar surface area (TPSA) is 122 Å². The molecule has 0 saturated carbocycles. The highest BCUT2D eigenvalue weighted by Gasteiger charge is 2.30. The van der Waals surface area contributed by atoms with Crippen molar-refractivity contribution in [2.75, 3.05) is 51.7 Å². The average Bonchev–Trinajstić information content (AvgIpc) is 3.79. The molecule has 1 fully saturated rings. The van der Waals surface area contributed by atoms with Gasteiger partial charge in [-0.1, -0.05) is 35.9 Å². The van der Waals surface area contributed by atoms with Gasteiger partial charge in [0, 0.05) is 67.7 Å².